The maximum absolute atomic E-state index is 12.0. The molecule has 1 aromatic heterocycles. The van der Waals surface area contributed by atoms with Gasteiger partial charge >= 0.3 is 0 Å². The van der Waals surface area contributed by atoms with Crippen molar-refractivity contribution in [2.45, 2.75) is 45.7 Å². The van der Waals surface area contributed by atoms with Gasteiger partial charge in [-0.2, -0.15) is 0 Å². The monoisotopic (exact) mass is 268 g/mol. The molecule has 0 aliphatic heterocycles. The lowest BCUT2D eigenvalue weighted by Gasteiger charge is -2.25. The van der Waals surface area contributed by atoms with Gasteiger partial charge in [0, 0.05) is 43.4 Å². The van der Waals surface area contributed by atoms with E-state index in [-0.39, 0.29) is 11.9 Å². The molecule has 0 aromatic carbocycles. The summed E-state index contributed by atoms with van der Waals surface area (Å²) in [5.41, 5.74) is 0. The van der Waals surface area contributed by atoms with E-state index >= 15 is 0 Å². The van der Waals surface area contributed by atoms with Crippen LogP contribution in [-0.2, 0) is 11.2 Å². The van der Waals surface area contributed by atoms with Crippen LogP contribution in [0, 0.1) is 0 Å². The molecule has 18 heavy (non-hydrogen) atoms. The summed E-state index contributed by atoms with van der Waals surface area (Å²) in [6.45, 7) is 7.04. The van der Waals surface area contributed by atoms with E-state index in [0.717, 1.165) is 13.0 Å². The van der Waals surface area contributed by atoms with Crippen molar-refractivity contribution in [3.05, 3.63) is 22.4 Å². The van der Waals surface area contributed by atoms with E-state index < -0.39 is 0 Å². The van der Waals surface area contributed by atoms with Crippen LogP contribution in [0.1, 0.15) is 32.1 Å². The highest BCUT2D eigenvalue weighted by molar-refractivity contribution is 7.09. The summed E-state index contributed by atoms with van der Waals surface area (Å²) in [5, 5.41) is 5.35. The molecule has 3 nitrogen and oxygen atoms in total. The molecule has 1 atom stereocenters. The third-order valence-corrected chi connectivity index (χ3v) is 3.92. The standard InChI is InChI=1S/C14H24N2OS/c1-11(2)15-8-7-14(17)16(4)12(3)10-13-6-5-9-18-13/h5-6,9,11-12,15H,7-8,10H2,1-4H3. The second-order valence-corrected chi connectivity index (χ2v) is 6.03. The molecule has 0 radical (unpaired) electrons. The third kappa shape index (κ3) is 5.19. The molecule has 0 saturated carbocycles. The van der Waals surface area contributed by atoms with Crippen molar-refractivity contribution in [1.82, 2.24) is 10.2 Å². The fourth-order valence-corrected chi connectivity index (χ4v) is 2.57. The summed E-state index contributed by atoms with van der Waals surface area (Å²) in [5.74, 6) is 0.215. The van der Waals surface area contributed by atoms with Crippen molar-refractivity contribution in [2.24, 2.45) is 0 Å². The van der Waals surface area contributed by atoms with Gasteiger partial charge in [-0.05, 0) is 18.4 Å². The molecule has 1 aromatic rings. The average molecular weight is 268 g/mol. The maximum Gasteiger partial charge on any atom is 0.223 e. The quantitative estimate of drug-likeness (QED) is 0.824. The first-order valence-corrected chi connectivity index (χ1v) is 7.40. The fraction of sp³-hybridized carbons (Fsp3) is 0.643. The second kappa shape index (κ2) is 7.54. The van der Waals surface area contributed by atoms with Crippen molar-refractivity contribution in [2.75, 3.05) is 13.6 Å². The zero-order valence-electron chi connectivity index (χ0n) is 11.8. The Labute approximate surface area is 114 Å². The highest BCUT2D eigenvalue weighted by Crippen LogP contribution is 2.13. The molecule has 0 aliphatic rings. The van der Waals surface area contributed by atoms with Gasteiger partial charge in [-0.3, -0.25) is 4.79 Å². The van der Waals surface area contributed by atoms with E-state index in [1.807, 2.05) is 11.9 Å². The molecule has 1 N–H and O–H groups in total. The highest BCUT2D eigenvalue weighted by Gasteiger charge is 2.16. The zero-order valence-corrected chi connectivity index (χ0v) is 12.6. The lowest BCUT2D eigenvalue weighted by molar-refractivity contribution is -0.131. The SMILES string of the molecule is CC(C)NCCC(=O)N(C)C(C)Cc1cccs1. The number of nitrogens with zero attached hydrogens (tertiary/aromatic N) is 1. The molecule has 1 heterocycles. The van der Waals surface area contributed by atoms with E-state index in [1.54, 1.807) is 11.3 Å². The average Bonchev–Trinajstić information content (AvgIpc) is 2.80. The molecular formula is C14H24N2OS. The van der Waals surface area contributed by atoms with Crippen LogP contribution in [0.5, 0.6) is 0 Å². The van der Waals surface area contributed by atoms with Crippen LogP contribution in [0.4, 0.5) is 0 Å². The van der Waals surface area contributed by atoms with Gasteiger partial charge in [-0.1, -0.05) is 19.9 Å². The van der Waals surface area contributed by atoms with Crippen molar-refractivity contribution < 1.29 is 4.79 Å². The summed E-state index contributed by atoms with van der Waals surface area (Å²) in [6.07, 6.45) is 1.51. The number of carbonyl (C=O) groups is 1. The molecule has 1 amide bonds. The molecule has 0 fully saturated rings. The molecular weight excluding hydrogens is 244 g/mol. The first kappa shape index (κ1) is 15.2. The van der Waals surface area contributed by atoms with Gasteiger partial charge in [0.15, 0.2) is 0 Å². The first-order valence-electron chi connectivity index (χ1n) is 6.52. The Balaban J connectivity index is 2.33. The highest BCUT2D eigenvalue weighted by atomic mass is 32.1. The number of carbonyl (C=O) groups excluding carboxylic acids is 1. The number of amides is 1. The van der Waals surface area contributed by atoms with Crippen LogP contribution < -0.4 is 5.32 Å². The Morgan fingerprint density at radius 1 is 1.44 bits per heavy atom. The number of hydrogen-bond donors (Lipinski definition) is 1. The van der Waals surface area contributed by atoms with Crippen LogP contribution in [-0.4, -0.2) is 36.5 Å². The zero-order chi connectivity index (χ0) is 13.5. The fourth-order valence-electron chi connectivity index (χ4n) is 1.75. The van der Waals surface area contributed by atoms with Crippen LogP contribution in [0.2, 0.25) is 0 Å². The molecule has 0 saturated heterocycles. The summed E-state index contributed by atoms with van der Waals surface area (Å²) < 4.78 is 0. The Bertz CT molecular complexity index is 349. The molecule has 1 rings (SSSR count). The summed E-state index contributed by atoms with van der Waals surface area (Å²) in [6, 6.07) is 4.88. The van der Waals surface area contributed by atoms with Gasteiger partial charge < -0.3 is 10.2 Å². The van der Waals surface area contributed by atoms with Crippen LogP contribution in [0.15, 0.2) is 17.5 Å². The molecule has 0 aliphatic carbocycles. The summed E-state index contributed by atoms with van der Waals surface area (Å²) >= 11 is 1.75. The number of rotatable bonds is 7. The van der Waals surface area contributed by atoms with Gasteiger partial charge in [-0.15, -0.1) is 11.3 Å². The minimum absolute atomic E-state index is 0.215. The minimum atomic E-state index is 0.215. The van der Waals surface area contributed by atoms with Crippen molar-refractivity contribution in [1.29, 1.82) is 0 Å². The summed E-state index contributed by atoms with van der Waals surface area (Å²) in [4.78, 5) is 15.2. The first-order chi connectivity index (χ1) is 8.50. The molecule has 0 bridgehead atoms. The molecule has 4 heteroatoms. The van der Waals surface area contributed by atoms with Crippen molar-refractivity contribution in [3.63, 3.8) is 0 Å². The van der Waals surface area contributed by atoms with E-state index in [2.05, 4.69) is 43.6 Å². The minimum Gasteiger partial charge on any atom is -0.343 e. The molecule has 0 spiro atoms. The topological polar surface area (TPSA) is 32.3 Å². The third-order valence-electron chi connectivity index (χ3n) is 3.02. The normalized spacial score (nSPS) is 12.7. The number of nitrogens with one attached hydrogen (secondary N) is 1. The Morgan fingerprint density at radius 2 is 2.17 bits per heavy atom. The smallest absolute Gasteiger partial charge is 0.223 e. The van der Waals surface area contributed by atoms with Crippen LogP contribution in [0.25, 0.3) is 0 Å². The second-order valence-electron chi connectivity index (χ2n) is 5.00. The van der Waals surface area contributed by atoms with E-state index in [9.17, 15) is 4.79 Å². The van der Waals surface area contributed by atoms with Crippen LogP contribution in [0.3, 0.4) is 0 Å². The Morgan fingerprint density at radius 3 is 2.72 bits per heavy atom. The van der Waals surface area contributed by atoms with Gasteiger partial charge in [0.1, 0.15) is 0 Å². The van der Waals surface area contributed by atoms with Crippen molar-refractivity contribution >= 4 is 17.2 Å². The van der Waals surface area contributed by atoms with E-state index in [4.69, 9.17) is 0 Å². The predicted octanol–water partition coefficient (Wildman–Crippen LogP) is 2.53. The lowest BCUT2D eigenvalue weighted by atomic mass is 10.1. The van der Waals surface area contributed by atoms with Crippen LogP contribution >= 0.6 is 11.3 Å². The number of hydrogen-bond acceptors (Lipinski definition) is 3. The largest absolute Gasteiger partial charge is 0.343 e. The van der Waals surface area contributed by atoms with Crippen molar-refractivity contribution in [3.8, 4) is 0 Å². The van der Waals surface area contributed by atoms with E-state index in [1.165, 1.54) is 4.88 Å². The number of likely N-dealkylation sites (N-methyl/N-ethyl adjacent to an activating group) is 1. The van der Waals surface area contributed by atoms with Gasteiger partial charge in [0.25, 0.3) is 0 Å². The van der Waals surface area contributed by atoms with Gasteiger partial charge in [0.2, 0.25) is 5.91 Å². The Kier molecular flexibility index (Phi) is 6.36. The van der Waals surface area contributed by atoms with Gasteiger partial charge in [0.05, 0.1) is 0 Å². The summed E-state index contributed by atoms with van der Waals surface area (Å²) in [7, 11) is 1.90. The Hall–Kier alpha value is -0.870. The maximum atomic E-state index is 12.0. The number of thiophene rings is 1. The lowest BCUT2D eigenvalue weighted by Crippen LogP contribution is -2.38. The molecule has 102 valence electrons. The van der Waals surface area contributed by atoms with Gasteiger partial charge in [-0.25, -0.2) is 0 Å². The predicted molar refractivity (Wildman–Crippen MR) is 78.0 cm³/mol. The molecule has 1 unspecified atom stereocenters. The van der Waals surface area contributed by atoms with E-state index in [0.29, 0.717) is 12.5 Å².